The number of aromatic nitrogens is 2. The van der Waals surface area contributed by atoms with Gasteiger partial charge in [-0.25, -0.2) is 19.6 Å². The summed E-state index contributed by atoms with van der Waals surface area (Å²) in [4.78, 5) is 56.2. The molecule has 30 heavy (non-hydrogen) atoms. The molecule has 2 aromatic rings. The molecule has 0 saturated heterocycles. The Labute approximate surface area is 181 Å². The SMILES string of the molecule is COC(=O)c1sc(NC(=O)CCCCC(=O)Nc2nc(C)c(C(=O)OC)s2)nc1C. The number of aryl methyl sites for hydroxylation is 2. The first kappa shape index (κ1) is 23.4. The summed E-state index contributed by atoms with van der Waals surface area (Å²) in [6.45, 7) is 3.32. The molecular formula is C18H22N4O6S2. The van der Waals surface area contributed by atoms with Crippen LogP contribution >= 0.6 is 22.7 Å². The van der Waals surface area contributed by atoms with Gasteiger partial charge in [-0.05, 0) is 26.7 Å². The third-order valence-electron chi connectivity index (χ3n) is 3.89. The number of thiazole rings is 2. The highest BCUT2D eigenvalue weighted by atomic mass is 32.1. The number of amides is 2. The quantitative estimate of drug-likeness (QED) is 0.436. The Morgan fingerprint density at radius 1 is 0.767 bits per heavy atom. The highest BCUT2D eigenvalue weighted by molar-refractivity contribution is 7.18. The summed E-state index contributed by atoms with van der Waals surface area (Å²) in [5.74, 6) is -1.49. The molecule has 0 aliphatic rings. The van der Waals surface area contributed by atoms with Crippen LogP contribution in [0.4, 0.5) is 10.3 Å². The van der Waals surface area contributed by atoms with Gasteiger partial charge in [-0.3, -0.25) is 9.59 Å². The maximum Gasteiger partial charge on any atom is 0.350 e. The average Bonchev–Trinajstić information content (AvgIpc) is 3.25. The van der Waals surface area contributed by atoms with Crippen LogP contribution in [-0.2, 0) is 19.1 Å². The molecule has 2 heterocycles. The van der Waals surface area contributed by atoms with Crippen molar-refractivity contribution in [1.82, 2.24) is 9.97 Å². The maximum atomic E-state index is 12.0. The van der Waals surface area contributed by atoms with Gasteiger partial charge in [-0.15, -0.1) is 0 Å². The standard InChI is InChI=1S/C18H22N4O6S2/c1-9-13(15(25)27-3)29-17(19-9)21-11(23)7-5-6-8-12(24)22-18-20-10(2)14(30-18)16(26)28-4/h5-8H2,1-4H3,(H,19,21,23)(H,20,22,24). The lowest BCUT2D eigenvalue weighted by Crippen LogP contribution is -2.13. The summed E-state index contributed by atoms with van der Waals surface area (Å²) in [6, 6.07) is 0. The van der Waals surface area contributed by atoms with Crippen LogP contribution < -0.4 is 10.6 Å². The van der Waals surface area contributed by atoms with Crippen molar-refractivity contribution in [3.8, 4) is 0 Å². The van der Waals surface area contributed by atoms with Gasteiger partial charge in [0.25, 0.3) is 0 Å². The predicted molar refractivity (Wildman–Crippen MR) is 112 cm³/mol. The first-order valence-corrected chi connectivity index (χ1v) is 10.6. The van der Waals surface area contributed by atoms with E-state index in [-0.39, 0.29) is 24.7 Å². The zero-order valence-electron chi connectivity index (χ0n) is 17.0. The fourth-order valence-electron chi connectivity index (χ4n) is 2.40. The zero-order chi connectivity index (χ0) is 22.3. The smallest absolute Gasteiger partial charge is 0.350 e. The third kappa shape index (κ3) is 6.32. The van der Waals surface area contributed by atoms with Gasteiger partial charge in [0.05, 0.1) is 25.6 Å². The molecule has 2 rings (SSSR count). The molecule has 0 spiro atoms. The minimum atomic E-state index is -0.495. The molecule has 12 heteroatoms. The second kappa shape index (κ2) is 10.8. The lowest BCUT2D eigenvalue weighted by molar-refractivity contribution is -0.118. The summed E-state index contributed by atoms with van der Waals surface area (Å²) in [5.41, 5.74) is 0.984. The Bertz CT molecular complexity index is 876. The van der Waals surface area contributed by atoms with Gasteiger partial charge in [0.15, 0.2) is 10.3 Å². The topological polar surface area (TPSA) is 137 Å². The van der Waals surface area contributed by atoms with Crippen LogP contribution in [-0.4, -0.2) is 47.9 Å². The molecule has 2 amide bonds. The number of hydrogen-bond donors (Lipinski definition) is 2. The van der Waals surface area contributed by atoms with Crippen molar-refractivity contribution < 1.29 is 28.7 Å². The highest BCUT2D eigenvalue weighted by Gasteiger charge is 2.18. The molecule has 10 nitrogen and oxygen atoms in total. The Morgan fingerprint density at radius 3 is 1.47 bits per heavy atom. The summed E-state index contributed by atoms with van der Waals surface area (Å²) < 4.78 is 9.32. The Kier molecular flexibility index (Phi) is 8.42. The molecule has 0 bridgehead atoms. The minimum Gasteiger partial charge on any atom is -0.465 e. The number of hydrogen-bond acceptors (Lipinski definition) is 10. The molecule has 0 unspecified atom stereocenters. The minimum absolute atomic E-state index is 0.211. The molecule has 0 aliphatic heterocycles. The van der Waals surface area contributed by atoms with Gasteiger partial charge in [0, 0.05) is 12.8 Å². The average molecular weight is 455 g/mol. The highest BCUT2D eigenvalue weighted by Crippen LogP contribution is 2.24. The van der Waals surface area contributed by atoms with Crippen molar-refractivity contribution in [3.63, 3.8) is 0 Å². The van der Waals surface area contributed by atoms with E-state index in [4.69, 9.17) is 0 Å². The summed E-state index contributed by atoms with van der Waals surface area (Å²) >= 11 is 2.10. The summed E-state index contributed by atoms with van der Waals surface area (Å²) in [7, 11) is 2.56. The van der Waals surface area contributed by atoms with E-state index in [1.54, 1.807) is 13.8 Å². The van der Waals surface area contributed by atoms with Crippen molar-refractivity contribution in [1.29, 1.82) is 0 Å². The molecule has 0 radical (unpaired) electrons. The number of anilines is 2. The van der Waals surface area contributed by atoms with E-state index in [0.717, 1.165) is 22.7 Å². The van der Waals surface area contributed by atoms with Gasteiger partial charge in [-0.1, -0.05) is 22.7 Å². The first-order valence-electron chi connectivity index (χ1n) is 8.96. The van der Waals surface area contributed by atoms with Crippen molar-refractivity contribution in [2.24, 2.45) is 0 Å². The Morgan fingerprint density at radius 2 is 1.13 bits per heavy atom. The van der Waals surface area contributed by atoms with E-state index in [2.05, 4.69) is 30.1 Å². The van der Waals surface area contributed by atoms with E-state index in [1.807, 2.05) is 0 Å². The summed E-state index contributed by atoms with van der Waals surface area (Å²) in [5, 5.41) is 5.95. The third-order valence-corrected chi connectivity index (χ3v) is 5.99. The molecule has 2 aromatic heterocycles. The molecule has 0 fully saturated rings. The van der Waals surface area contributed by atoms with Crippen LogP contribution in [0.1, 0.15) is 56.4 Å². The maximum absolute atomic E-state index is 12.0. The molecule has 162 valence electrons. The van der Waals surface area contributed by atoms with Crippen LogP contribution in [0.25, 0.3) is 0 Å². The van der Waals surface area contributed by atoms with Gasteiger partial charge >= 0.3 is 11.9 Å². The fourth-order valence-corrected chi connectivity index (χ4v) is 4.20. The van der Waals surface area contributed by atoms with Gasteiger partial charge < -0.3 is 20.1 Å². The lowest BCUT2D eigenvalue weighted by Gasteiger charge is -2.03. The normalized spacial score (nSPS) is 10.4. The second-order valence-electron chi connectivity index (χ2n) is 6.15. The van der Waals surface area contributed by atoms with Crippen LogP contribution in [0.5, 0.6) is 0 Å². The van der Waals surface area contributed by atoms with Crippen LogP contribution in [0.15, 0.2) is 0 Å². The molecule has 0 saturated carbocycles. The molecular weight excluding hydrogens is 432 g/mol. The van der Waals surface area contributed by atoms with E-state index in [1.165, 1.54) is 14.2 Å². The molecule has 2 N–H and O–H groups in total. The van der Waals surface area contributed by atoms with Crippen molar-refractivity contribution >= 4 is 56.7 Å². The number of nitrogens with one attached hydrogen (secondary N) is 2. The lowest BCUT2D eigenvalue weighted by atomic mass is 10.2. The number of unbranched alkanes of at least 4 members (excludes halogenated alkanes) is 1. The van der Waals surface area contributed by atoms with Gasteiger partial charge in [-0.2, -0.15) is 0 Å². The Balaban J connectivity index is 1.73. The van der Waals surface area contributed by atoms with Gasteiger partial charge in [0.2, 0.25) is 11.8 Å². The van der Waals surface area contributed by atoms with Gasteiger partial charge in [0.1, 0.15) is 9.75 Å². The van der Waals surface area contributed by atoms with Crippen LogP contribution in [0, 0.1) is 13.8 Å². The predicted octanol–water partition coefficient (Wildman–Crippen LogP) is 2.93. The van der Waals surface area contributed by atoms with Crippen LogP contribution in [0.3, 0.4) is 0 Å². The van der Waals surface area contributed by atoms with E-state index < -0.39 is 11.9 Å². The van der Waals surface area contributed by atoms with E-state index in [0.29, 0.717) is 44.2 Å². The molecule has 0 atom stereocenters. The second-order valence-corrected chi connectivity index (χ2v) is 8.15. The Hall–Kier alpha value is -2.86. The number of nitrogens with zero attached hydrogens (tertiary/aromatic N) is 2. The van der Waals surface area contributed by atoms with Crippen molar-refractivity contribution in [2.75, 3.05) is 24.9 Å². The largest absolute Gasteiger partial charge is 0.465 e. The molecule has 0 aliphatic carbocycles. The molecule has 0 aromatic carbocycles. The van der Waals surface area contributed by atoms with E-state index in [9.17, 15) is 19.2 Å². The first-order chi connectivity index (χ1) is 14.2. The number of carbonyl (C=O) groups is 4. The van der Waals surface area contributed by atoms with Crippen molar-refractivity contribution in [2.45, 2.75) is 39.5 Å². The fraction of sp³-hybridized carbons (Fsp3) is 0.444. The van der Waals surface area contributed by atoms with E-state index >= 15 is 0 Å². The number of methoxy groups -OCH3 is 2. The monoisotopic (exact) mass is 454 g/mol. The zero-order valence-corrected chi connectivity index (χ0v) is 18.6. The van der Waals surface area contributed by atoms with Crippen LogP contribution in [0.2, 0.25) is 0 Å². The number of ether oxygens (including phenoxy) is 2. The number of esters is 2. The van der Waals surface area contributed by atoms with Crippen molar-refractivity contribution in [3.05, 3.63) is 21.1 Å². The summed E-state index contributed by atoms with van der Waals surface area (Å²) in [6.07, 6.45) is 1.42. The number of carbonyl (C=O) groups excluding carboxylic acids is 4. The number of rotatable bonds is 9.